The molecule has 19 heavy (non-hydrogen) atoms. The normalized spacial score (nSPS) is 16.8. The van der Waals surface area contributed by atoms with Crippen molar-refractivity contribution in [1.29, 1.82) is 0 Å². The molecular weight excluding hydrogens is 242 g/mol. The molecule has 0 aromatic heterocycles. The average Bonchev–Trinajstić information content (AvgIpc) is 2.35. The Morgan fingerprint density at radius 1 is 1.21 bits per heavy atom. The number of amides is 1. The molecule has 1 saturated carbocycles. The van der Waals surface area contributed by atoms with Crippen LogP contribution in [-0.4, -0.2) is 17.5 Å². The zero-order valence-corrected chi connectivity index (χ0v) is 10.7. The molecule has 100 valence electrons. The van der Waals surface area contributed by atoms with E-state index in [0.717, 1.165) is 37.0 Å². The summed E-state index contributed by atoms with van der Waals surface area (Å²) in [6.07, 6.45) is 5.60. The fraction of sp³-hybridized carbons (Fsp3) is 0.333. The van der Waals surface area contributed by atoms with Gasteiger partial charge in [-0.1, -0.05) is 30.3 Å². The first-order chi connectivity index (χ1) is 9.10. The first kappa shape index (κ1) is 13.3. The Morgan fingerprint density at radius 2 is 1.89 bits per heavy atom. The van der Waals surface area contributed by atoms with Gasteiger partial charge in [0.15, 0.2) is 0 Å². The van der Waals surface area contributed by atoms with Crippen LogP contribution in [0.5, 0.6) is 0 Å². The van der Waals surface area contributed by atoms with Gasteiger partial charge in [0, 0.05) is 18.6 Å². The summed E-state index contributed by atoms with van der Waals surface area (Å²) >= 11 is 0. The van der Waals surface area contributed by atoms with Gasteiger partial charge < -0.3 is 10.5 Å². The molecule has 0 radical (unpaired) electrons. The van der Waals surface area contributed by atoms with Gasteiger partial charge in [-0.15, -0.1) is 0 Å². The van der Waals surface area contributed by atoms with Gasteiger partial charge in [-0.3, -0.25) is 4.79 Å². The van der Waals surface area contributed by atoms with Crippen molar-refractivity contribution in [2.75, 3.05) is 0 Å². The van der Waals surface area contributed by atoms with Crippen LogP contribution in [0.4, 0.5) is 0 Å². The van der Waals surface area contributed by atoms with Crippen LogP contribution in [0.2, 0.25) is 0 Å². The van der Waals surface area contributed by atoms with Gasteiger partial charge in [-0.05, 0) is 24.8 Å². The van der Waals surface area contributed by atoms with Crippen LogP contribution >= 0.6 is 0 Å². The number of hydrogen-bond acceptors (Lipinski definition) is 3. The fourth-order valence-electron chi connectivity index (χ4n) is 2.25. The summed E-state index contributed by atoms with van der Waals surface area (Å²) in [5.74, 6) is -1.16. The number of rotatable bonds is 5. The van der Waals surface area contributed by atoms with Crippen LogP contribution in [0.15, 0.2) is 42.5 Å². The molecule has 1 aliphatic rings. The summed E-state index contributed by atoms with van der Waals surface area (Å²) in [6, 6.07) is 9.94. The lowest BCUT2D eigenvalue weighted by atomic mass is 9.75. The Morgan fingerprint density at radius 3 is 2.42 bits per heavy atom. The SMILES string of the molecule is NC(=O)/C=C\C(=O)OC1(Cc2ccccc2)CCC1. The molecule has 2 N–H and O–H groups in total. The summed E-state index contributed by atoms with van der Waals surface area (Å²) in [5.41, 5.74) is 5.67. The fourth-order valence-corrected chi connectivity index (χ4v) is 2.25. The third-order valence-corrected chi connectivity index (χ3v) is 3.33. The summed E-state index contributed by atoms with van der Waals surface area (Å²) in [4.78, 5) is 22.2. The number of ether oxygens (including phenoxy) is 1. The molecule has 1 aromatic rings. The topological polar surface area (TPSA) is 69.4 Å². The number of benzene rings is 1. The number of primary amides is 1. The van der Waals surface area contributed by atoms with Gasteiger partial charge in [0.1, 0.15) is 5.60 Å². The van der Waals surface area contributed by atoms with Crippen molar-refractivity contribution in [1.82, 2.24) is 0 Å². The predicted octanol–water partition coefficient (Wildman–Crippen LogP) is 1.74. The second-order valence-electron chi connectivity index (χ2n) is 4.86. The van der Waals surface area contributed by atoms with E-state index in [1.54, 1.807) is 0 Å². The lowest BCUT2D eigenvalue weighted by Gasteiger charge is -2.41. The minimum absolute atomic E-state index is 0.416. The summed E-state index contributed by atoms with van der Waals surface area (Å²) in [7, 11) is 0. The van der Waals surface area contributed by atoms with Crippen LogP contribution in [0.3, 0.4) is 0 Å². The molecule has 1 aliphatic carbocycles. The van der Waals surface area contributed by atoms with Crippen LogP contribution in [0, 0.1) is 0 Å². The van der Waals surface area contributed by atoms with E-state index in [1.165, 1.54) is 0 Å². The third-order valence-electron chi connectivity index (χ3n) is 3.33. The van der Waals surface area contributed by atoms with Gasteiger partial charge in [0.2, 0.25) is 5.91 Å². The Bertz CT molecular complexity index is 489. The molecule has 0 bridgehead atoms. The van der Waals surface area contributed by atoms with E-state index in [0.29, 0.717) is 6.42 Å². The number of hydrogen-bond donors (Lipinski definition) is 1. The smallest absolute Gasteiger partial charge is 0.331 e. The lowest BCUT2D eigenvalue weighted by Crippen LogP contribution is -2.43. The van der Waals surface area contributed by atoms with Crippen molar-refractivity contribution >= 4 is 11.9 Å². The summed E-state index contributed by atoms with van der Waals surface area (Å²) in [6.45, 7) is 0. The maximum absolute atomic E-state index is 11.6. The molecule has 1 aromatic carbocycles. The molecule has 0 saturated heterocycles. The molecule has 2 rings (SSSR count). The monoisotopic (exact) mass is 259 g/mol. The molecule has 0 aliphatic heterocycles. The molecule has 0 spiro atoms. The Kier molecular flexibility index (Phi) is 4.00. The van der Waals surface area contributed by atoms with Gasteiger partial charge in [-0.25, -0.2) is 4.79 Å². The van der Waals surface area contributed by atoms with Crippen molar-refractivity contribution in [3.05, 3.63) is 48.0 Å². The van der Waals surface area contributed by atoms with Crippen molar-refractivity contribution in [2.45, 2.75) is 31.3 Å². The quantitative estimate of drug-likeness (QED) is 0.646. The van der Waals surface area contributed by atoms with E-state index < -0.39 is 17.5 Å². The van der Waals surface area contributed by atoms with Gasteiger partial charge in [-0.2, -0.15) is 0 Å². The molecule has 4 heteroatoms. The van der Waals surface area contributed by atoms with E-state index in [9.17, 15) is 9.59 Å². The maximum atomic E-state index is 11.6. The number of nitrogens with two attached hydrogens (primary N) is 1. The predicted molar refractivity (Wildman–Crippen MR) is 71.2 cm³/mol. The highest BCUT2D eigenvalue weighted by Gasteiger charge is 2.40. The highest BCUT2D eigenvalue weighted by Crippen LogP contribution is 2.38. The molecule has 1 fully saturated rings. The first-order valence-electron chi connectivity index (χ1n) is 6.34. The minimum Gasteiger partial charge on any atom is -0.456 e. The van der Waals surface area contributed by atoms with Crippen molar-refractivity contribution in [3.8, 4) is 0 Å². The standard InChI is InChI=1S/C15H17NO3/c16-13(17)7-8-14(18)19-15(9-4-10-15)11-12-5-2-1-3-6-12/h1-3,5-8H,4,9-11H2,(H2,16,17)/b8-7-. The highest BCUT2D eigenvalue weighted by molar-refractivity contribution is 5.93. The van der Waals surface area contributed by atoms with Crippen molar-refractivity contribution in [2.24, 2.45) is 5.73 Å². The lowest BCUT2D eigenvalue weighted by molar-refractivity contribution is -0.163. The maximum Gasteiger partial charge on any atom is 0.331 e. The van der Waals surface area contributed by atoms with Crippen LogP contribution in [-0.2, 0) is 20.7 Å². The van der Waals surface area contributed by atoms with Gasteiger partial charge in [0.05, 0.1) is 0 Å². The largest absolute Gasteiger partial charge is 0.456 e. The van der Waals surface area contributed by atoms with Crippen molar-refractivity contribution < 1.29 is 14.3 Å². The van der Waals surface area contributed by atoms with E-state index in [2.05, 4.69) is 0 Å². The Balaban J connectivity index is 1.99. The first-order valence-corrected chi connectivity index (χ1v) is 6.34. The van der Waals surface area contributed by atoms with Gasteiger partial charge in [0.25, 0.3) is 0 Å². The molecule has 4 nitrogen and oxygen atoms in total. The van der Waals surface area contributed by atoms with Crippen molar-refractivity contribution in [3.63, 3.8) is 0 Å². The zero-order valence-electron chi connectivity index (χ0n) is 10.7. The average molecular weight is 259 g/mol. The van der Waals surface area contributed by atoms with Crippen LogP contribution in [0.1, 0.15) is 24.8 Å². The third kappa shape index (κ3) is 3.68. The molecular formula is C15H17NO3. The Hall–Kier alpha value is -2.10. The minimum atomic E-state index is -0.650. The molecule has 0 heterocycles. The summed E-state index contributed by atoms with van der Waals surface area (Å²) in [5, 5.41) is 0. The Labute approximate surface area is 112 Å². The second-order valence-corrected chi connectivity index (χ2v) is 4.86. The van der Waals surface area contributed by atoms with Crippen LogP contribution < -0.4 is 5.73 Å². The molecule has 1 amide bonds. The zero-order chi connectivity index (χ0) is 13.7. The number of esters is 1. The van der Waals surface area contributed by atoms with Gasteiger partial charge >= 0.3 is 5.97 Å². The van der Waals surface area contributed by atoms with Crippen LogP contribution in [0.25, 0.3) is 0 Å². The second kappa shape index (κ2) is 5.69. The highest BCUT2D eigenvalue weighted by atomic mass is 16.6. The number of carbonyl (C=O) groups is 2. The van der Waals surface area contributed by atoms with E-state index in [1.807, 2.05) is 30.3 Å². The molecule has 0 unspecified atom stereocenters. The van der Waals surface area contributed by atoms with E-state index in [4.69, 9.17) is 10.5 Å². The van der Waals surface area contributed by atoms with E-state index in [-0.39, 0.29) is 0 Å². The van der Waals surface area contributed by atoms with E-state index >= 15 is 0 Å². The summed E-state index contributed by atoms with van der Waals surface area (Å²) < 4.78 is 5.49. The number of carbonyl (C=O) groups excluding carboxylic acids is 2. The molecule has 0 atom stereocenters.